The SMILES string of the molecule is CC1=C(C)C2(OC1=O)OC(c1ccc(C)cc1)=C(C#N)c1c2c(C#N)c(-c2ccc(C)cc2)n1C. The first-order valence-corrected chi connectivity index (χ1v) is 11.3. The van der Waals surface area contributed by atoms with Gasteiger partial charge < -0.3 is 14.0 Å². The highest BCUT2D eigenvalue weighted by Crippen LogP contribution is 2.55. The molecule has 6 nitrogen and oxygen atoms in total. The van der Waals surface area contributed by atoms with E-state index >= 15 is 0 Å². The van der Waals surface area contributed by atoms with Gasteiger partial charge in [-0.15, -0.1) is 0 Å². The molecular weight excluding hydrogens is 438 g/mol. The van der Waals surface area contributed by atoms with Gasteiger partial charge in [-0.2, -0.15) is 10.5 Å². The smallest absolute Gasteiger partial charge is 0.337 e. The maximum absolute atomic E-state index is 12.8. The summed E-state index contributed by atoms with van der Waals surface area (Å²) < 4.78 is 14.3. The van der Waals surface area contributed by atoms with Gasteiger partial charge >= 0.3 is 11.8 Å². The standard InChI is InChI=1S/C29H23N3O3/c1-16-6-10-20(11-7-16)25-22(14-30)24-26(32(25)5)23(15-31)27(21-12-8-17(2)9-13-21)34-29(24)19(4)18(3)28(33)35-29/h6-13H,1-5H3. The van der Waals surface area contributed by atoms with Gasteiger partial charge in [0.1, 0.15) is 17.7 Å². The van der Waals surface area contributed by atoms with E-state index in [4.69, 9.17) is 9.47 Å². The summed E-state index contributed by atoms with van der Waals surface area (Å²) in [5, 5.41) is 20.7. The summed E-state index contributed by atoms with van der Waals surface area (Å²) >= 11 is 0. The van der Waals surface area contributed by atoms with Crippen LogP contribution >= 0.6 is 0 Å². The Balaban J connectivity index is 1.92. The van der Waals surface area contributed by atoms with E-state index in [0.29, 0.717) is 45.0 Å². The Morgan fingerprint density at radius 1 is 0.800 bits per heavy atom. The third kappa shape index (κ3) is 3.04. The van der Waals surface area contributed by atoms with Gasteiger partial charge in [0.05, 0.1) is 22.5 Å². The lowest BCUT2D eigenvalue weighted by Crippen LogP contribution is -2.36. The van der Waals surface area contributed by atoms with Crippen LogP contribution in [0.1, 0.15) is 47.4 Å². The molecule has 2 aliphatic rings. The van der Waals surface area contributed by atoms with Crippen molar-refractivity contribution in [3.63, 3.8) is 0 Å². The van der Waals surface area contributed by atoms with Crippen molar-refractivity contribution in [3.05, 3.63) is 93.2 Å². The number of nitriles is 2. The highest BCUT2D eigenvalue weighted by Gasteiger charge is 2.56. The van der Waals surface area contributed by atoms with Crippen LogP contribution in [0.5, 0.6) is 0 Å². The van der Waals surface area contributed by atoms with E-state index in [9.17, 15) is 15.3 Å². The molecule has 0 bridgehead atoms. The Morgan fingerprint density at radius 3 is 1.86 bits per heavy atom. The van der Waals surface area contributed by atoms with Crippen molar-refractivity contribution in [2.45, 2.75) is 33.5 Å². The van der Waals surface area contributed by atoms with Crippen LogP contribution in [-0.2, 0) is 27.1 Å². The van der Waals surface area contributed by atoms with Crippen LogP contribution in [0.15, 0.2) is 59.7 Å². The van der Waals surface area contributed by atoms with E-state index in [1.54, 1.807) is 13.8 Å². The molecule has 1 spiro atoms. The Kier molecular flexibility index (Phi) is 4.93. The minimum absolute atomic E-state index is 0.278. The molecule has 0 radical (unpaired) electrons. The molecule has 0 aliphatic carbocycles. The quantitative estimate of drug-likeness (QED) is 0.460. The molecule has 3 aromatic rings. The molecule has 0 N–H and O–H groups in total. The number of allylic oxidation sites excluding steroid dienone is 1. The van der Waals surface area contributed by atoms with E-state index in [0.717, 1.165) is 16.7 Å². The fourth-order valence-electron chi connectivity index (χ4n) is 4.84. The monoisotopic (exact) mass is 461 g/mol. The highest BCUT2D eigenvalue weighted by atomic mass is 16.7. The van der Waals surface area contributed by atoms with Gasteiger partial charge in [-0.05, 0) is 33.3 Å². The maximum Gasteiger partial charge on any atom is 0.337 e. The largest absolute Gasteiger partial charge is 0.442 e. The predicted molar refractivity (Wildman–Crippen MR) is 131 cm³/mol. The number of ether oxygens (including phenoxy) is 2. The van der Waals surface area contributed by atoms with E-state index in [1.807, 2.05) is 74.0 Å². The Labute approximate surface area is 203 Å². The average molecular weight is 462 g/mol. The van der Waals surface area contributed by atoms with Crippen LogP contribution in [0.25, 0.3) is 22.6 Å². The molecular formula is C29H23N3O3. The normalized spacial score (nSPS) is 18.8. The van der Waals surface area contributed by atoms with E-state index < -0.39 is 11.8 Å². The first-order chi connectivity index (χ1) is 16.7. The molecule has 2 aromatic carbocycles. The molecule has 1 atom stereocenters. The van der Waals surface area contributed by atoms with Crippen molar-refractivity contribution < 1.29 is 14.3 Å². The fourth-order valence-corrected chi connectivity index (χ4v) is 4.84. The lowest BCUT2D eigenvalue weighted by molar-refractivity contribution is -0.184. The summed E-state index contributed by atoms with van der Waals surface area (Å²) in [5.74, 6) is -1.84. The molecule has 0 amide bonds. The van der Waals surface area contributed by atoms with Crippen LogP contribution in [0, 0.1) is 36.5 Å². The molecule has 0 saturated carbocycles. The summed E-state index contributed by atoms with van der Waals surface area (Å²) in [7, 11) is 1.82. The van der Waals surface area contributed by atoms with Gasteiger partial charge in [0, 0.05) is 23.8 Å². The number of aromatic nitrogens is 1. The molecule has 1 aromatic heterocycles. The van der Waals surface area contributed by atoms with Gasteiger partial charge in [-0.3, -0.25) is 0 Å². The number of carbonyl (C=O) groups excluding carboxylic acids is 1. The van der Waals surface area contributed by atoms with Crippen molar-refractivity contribution in [2.24, 2.45) is 7.05 Å². The number of rotatable bonds is 2. The molecule has 1 unspecified atom stereocenters. The van der Waals surface area contributed by atoms with Gasteiger partial charge in [-0.1, -0.05) is 59.7 Å². The van der Waals surface area contributed by atoms with Crippen molar-refractivity contribution >= 4 is 17.3 Å². The number of nitrogens with zero attached hydrogens (tertiary/aromatic N) is 3. The van der Waals surface area contributed by atoms with Crippen molar-refractivity contribution in [1.82, 2.24) is 4.57 Å². The zero-order valence-corrected chi connectivity index (χ0v) is 20.2. The van der Waals surface area contributed by atoms with Crippen LogP contribution in [0.4, 0.5) is 0 Å². The van der Waals surface area contributed by atoms with Crippen LogP contribution in [0.3, 0.4) is 0 Å². The Hall–Kier alpha value is -4.55. The average Bonchev–Trinajstić information content (AvgIpc) is 3.27. The Bertz CT molecular complexity index is 1560. The number of esters is 1. The zero-order chi connectivity index (χ0) is 25.1. The summed E-state index contributed by atoms with van der Waals surface area (Å²) in [6, 6.07) is 20.1. The minimum Gasteiger partial charge on any atom is -0.442 e. The van der Waals surface area contributed by atoms with Gasteiger partial charge in [-0.25, -0.2) is 4.79 Å². The number of fused-ring (bicyclic) bond motifs is 2. The van der Waals surface area contributed by atoms with E-state index in [-0.39, 0.29) is 5.57 Å². The highest BCUT2D eigenvalue weighted by molar-refractivity contribution is 6.00. The summed E-state index contributed by atoms with van der Waals surface area (Å²) in [6.07, 6.45) is 0. The minimum atomic E-state index is -1.64. The molecule has 0 saturated heterocycles. The van der Waals surface area contributed by atoms with Crippen LogP contribution < -0.4 is 0 Å². The lowest BCUT2D eigenvalue weighted by atomic mass is 9.87. The third-order valence-corrected chi connectivity index (χ3v) is 6.89. The first kappa shape index (κ1) is 22.3. The lowest BCUT2D eigenvalue weighted by Gasteiger charge is -2.36. The second-order valence-electron chi connectivity index (χ2n) is 9.02. The third-order valence-electron chi connectivity index (χ3n) is 6.89. The van der Waals surface area contributed by atoms with Crippen LogP contribution in [0.2, 0.25) is 0 Å². The molecule has 0 fully saturated rings. The van der Waals surface area contributed by atoms with Crippen LogP contribution in [-0.4, -0.2) is 10.5 Å². The molecule has 3 heterocycles. The predicted octanol–water partition coefficient (Wildman–Crippen LogP) is 5.65. The maximum atomic E-state index is 12.8. The Morgan fingerprint density at radius 2 is 1.37 bits per heavy atom. The molecule has 6 heteroatoms. The van der Waals surface area contributed by atoms with Gasteiger partial charge in [0.15, 0.2) is 5.76 Å². The molecule has 172 valence electrons. The summed E-state index contributed by atoms with van der Waals surface area (Å²) in [6.45, 7) is 7.42. The van der Waals surface area contributed by atoms with Crippen molar-refractivity contribution in [3.8, 4) is 23.4 Å². The second-order valence-corrected chi connectivity index (χ2v) is 9.02. The summed E-state index contributed by atoms with van der Waals surface area (Å²) in [4.78, 5) is 12.8. The first-order valence-electron chi connectivity index (χ1n) is 11.3. The number of carbonyl (C=O) groups is 1. The number of hydrogen-bond donors (Lipinski definition) is 0. The number of hydrogen-bond acceptors (Lipinski definition) is 5. The topological polar surface area (TPSA) is 88.0 Å². The second kappa shape index (κ2) is 7.75. The van der Waals surface area contributed by atoms with Crippen molar-refractivity contribution in [2.75, 3.05) is 0 Å². The molecule has 5 rings (SSSR count). The number of benzene rings is 2. The fraction of sp³-hybridized carbons (Fsp3) is 0.207. The van der Waals surface area contributed by atoms with Gasteiger partial charge in [0.2, 0.25) is 0 Å². The number of aryl methyl sites for hydroxylation is 2. The zero-order valence-electron chi connectivity index (χ0n) is 20.2. The summed E-state index contributed by atoms with van der Waals surface area (Å²) in [5.41, 5.74) is 6.73. The van der Waals surface area contributed by atoms with E-state index in [2.05, 4.69) is 12.1 Å². The van der Waals surface area contributed by atoms with E-state index in [1.165, 1.54) is 0 Å². The van der Waals surface area contributed by atoms with Crippen molar-refractivity contribution in [1.29, 1.82) is 10.5 Å². The van der Waals surface area contributed by atoms with Gasteiger partial charge in [0.25, 0.3) is 0 Å². The molecule has 2 aliphatic heterocycles. The molecule has 35 heavy (non-hydrogen) atoms.